The van der Waals surface area contributed by atoms with Crippen molar-refractivity contribution in [2.45, 2.75) is 19.4 Å². The van der Waals surface area contributed by atoms with Crippen LogP contribution in [0.25, 0.3) is 0 Å². The van der Waals surface area contributed by atoms with Gasteiger partial charge in [0.1, 0.15) is 0 Å². The molecule has 130 valence electrons. The molecule has 0 spiro atoms. The summed E-state index contributed by atoms with van der Waals surface area (Å²) in [7, 11) is 1.78. The van der Waals surface area contributed by atoms with E-state index in [4.69, 9.17) is 9.47 Å². The van der Waals surface area contributed by atoms with E-state index >= 15 is 0 Å². The average Bonchev–Trinajstić information content (AvgIpc) is 3.25. The Morgan fingerprint density at radius 1 is 1.25 bits per heavy atom. The molecule has 0 radical (unpaired) electrons. The highest BCUT2D eigenvalue weighted by molar-refractivity contribution is 14.0. The second-order valence-electron chi connectivity index (χ2n) is 5.41. The number of fused-ring (bicyclic) bond motifs is 1. The normalized spacial score (nSPS) is 14.0. The van der Waals surface area contributed by atoms with Gasteiger partial charge in [0.15, 0.2) is 17.5 Å². The van der Waals surface area contributed by atoms with Crippen molar-refractivity contribution in [2.75, 3.05) is 20.4 Å². The molecule has 0 amide bonds. The molecule has 0 saturated heterocycles. The van der Waals surface area contributed by atoms with Crippen LogP contribution < -0.4 is 20.1 Å². The molecule has 5 nitrogen and oxygen atoms in total. The number of thiophene rings is 1. The topological polar surface area (TPSA) is 54.9 Å². The van der Waals surface area contributed by atoms with Crippen LogP contribution in [-0.2, 0) is 6.54 Å². The Kier molecular flexibility index (Phi) is 7.16. The molecule has 0 aliphatic carbocycles. The summed E-state index contributed by atoms with van der Waals surface area (Å²) < 4.78 is 10.7. The van der Waals surface area contributed by atoms with Gasteiger partial charge in [-0.15, -0.1) is 35.3 Å². The fourth-order valence-corrected chi connectivity index (χ4v) is 3.17. The Morgan fingerprint density at radius 3 is 2.83 bits per heavy atom. The third kappa shape index (κ3) is 4.76. The molecule has 1 aliphatic heterocycles. The van der Waals surface area contributed by atoms with Crippen LogP contribution in [0.5, 0.6) is 11.5 Å². The number of benzene rings is 1. The van der Waals surface area contributed by atoms with Gasteiger partial charge < -0.3 is 20.1 Å². The first-order valence-corrected chi connectivity index (χ1v) is 8.50. The van der Waals surface area contributed by atoms with Gasteiger partial charge in [-0.25, -0.2) is 0 Å². The molecule has 24 heavy (non-hydrogen) atoms. The summed E-state index contributed by atoms with van der Waals surface area (Å²) >= 11 is 1.79. The molecule has 0 fully saturated rings. The first kappa shape index (κ1) is 18.9. The van der Waals surface area contributed by atoms with Gasteiger partial charge in [0.05, 0.1) is 0 Å². The first-order valence-electron chi connectivity index (χ1n) is 7.62. The number of rotatable bonds is 5. The molecular formula is C17H22IN3O2S. The lowest BCUT2D eigenvalue weighted by Crippen LogP contribution is -2.38. The second-order valence-corrected chi connectivity index (χ2v) is 6.39. The van der Waals surface area contributed by atoms with E-state index in [1.165, 1.54) is 4.88 Å². The molecule has 7 heteroatoms. The smallest absolute Gasteiger partial charge is 0.231 e. The monoisotopic (exact) mass is 459 g/mol. The Morgan fingerprint density at radius 2 is 2.08 bits per heavy atom. The number of nitrogens with zero attached hydrogens (tertiary/aromatic N) is 1. The zero-order valence-electron chi connectivity index (χ0n) is 13.7. The third-order valence-corrected chi connectivity index (χ3v) is 4.83. The van der Waals surface area contributed by atoms with Crippen LogP contribution in [0.1, 0.15) is 23.3 Å². The highest BCUT2D eigenvalue weighted by atomic mass is 127. The third-order valence-electron chi connectivity index (χ3n) is 3.73. The highest BCUT2D eigenvalue weighted by Crippen LogP contribution is 2.32. The summed E-state index contributed by atoms with van der Waals surface area (Å²) in [6, 6.07) is 10.2. The van der Waals surface area contributed by atoms with E-state index < -0.39 is 0 Å². The zero-order chi connectivity index (χ0) is 16.1. The molecule has 1 aromatic carbocycles. The molecule has 0 bridgehead atoms. The van der Waals surface area contributed by atoms with Crippen molar-refractivity contribution >= 4 is 41.3 Å². The maximum Gasteiger partial charge on any atom is 0.231 e. The van der Waals surface area contributed by atoms with Crippen LogP contribution in [0.3, 0.4) is 0 Å². The summed E-state index contributed by atoms with van der Waals surface area (Å²) in [6.45, 7) is 4.05. The van der Waals surface area contributed by atoms with Crippen LogP contribution in [0.4, 0.5) is 0 Å². The maximum absolute atomic E-state index is 5.40. The lowest BCUT2D eigenvalue weighted by Gasteiger charge is -2.15. The Balaban J connectivity index is 0.00000208. The van der Waals surface area contributed by atoms with Gasteiger partial charge in [-0.05, 0) is 29.1 Å². The minimum Gasteiger partial charge on any atom is -0.454 e. The SMILES string of the molecule is CN=C(NCc1ccc2c(c1)OCO2)NCC(C)c1cccs1.I. The lowest BCUT2D eigenvalue weighted by atomic mass is 10.1. The average molecular weight is 459 g/mol. The number of ether oxygens (including phenoxy) is 2. The van der Waals surface area contributed by atoms with Gasteiger partial charge in [-0.1, -0.05) is 19.1 Å². The number of hydrogen-bond donors (Lipinski definition) is 2. The molecule has 1 unspecified atom stereocenters. The molecule has 0 saturated carbocycles. The van der Waals surface area contributed by atoms with Crippen LogP contribution in [0.15, 0.2) is 40.7 Å². The number of halogens is 1. The van der Waals surface area contributed by atoms with Crippen molar-refractivity contribution in [3.05, 3.63) is 46.2 Å². The van der Waals surface area contributed by atoms with Crippen molar-refractivity contribution in [3.63, 3.8) is 0 Å². The zero-order valence-corrected chi connectivity index (χ0v) is 16.9. The fourth-order valence-electron chi connectivity index (χ4n) is 2.38. The number of guanidine groups is 1. The van der Waals surface area contributed by atoms with Crippen molar-refractivity contribution in [1.29, 1.82) is 0 Å². The van der Waals surface area contributed by atoms with Gasteiger partial charge in [0, 0.05) is 30.9 Å². The first-order chi connectivity index (χ1) is 11.3. The molecule has 1 atom stereocenters. The number of hydrogen-bond acceptors (Lipinski definition) is 4. The highest BCUT2D eigenvalue weighted by Gasteiger charge is 2.13. The predicted molar refractivity (Wildman–Crippen MR) is 109 cm³/mol. The summed E-state index contributed by atoms with van der Waals surface area (Å²) in [5.41, 5.74) is 1.13. The van der Waals surface area contributed by atoms with Crippen LogP contribution >= 0.6 is 35.3 Å². The van der Waals surface area contributed by atoms with Crippen molar-refractivity contribution in [3.8, 4) is 11.5 Å². The van der Waals surface area contributed by atoms with Crippen LogP contribution in [-0.4, -0.2) is 26.3 Å². The van der Waals surface area contributed by atoms with E-state index in [9.17, 15) is 0 Å². The largest absolute Gasteiger partial charge is 0.454 e. The van der Waals surface area contributed by atoms with Crippen LogP contribution in [0.2, 0.25) is 0 Å². The molecule has 2 heterocycles. The quantitative estimate of drug-likeness (QED) is 0.408. The van der Waals surface area contributed by atoms with Crippen LogP contribution in [0, 0.1) is 0 Å². The Labute approximate surface area is 163 Å². The molecule has 1 aromatic heterocycles. The maximum atomic E-state index is 5.40. The molecule has 2 aromatic rings. The molecular weight excluding hydrogens is 437 g/mol. The van der Waals surface area contributed by atoms with E-state index in [2.05, 4.69) is 40.1 Å². The van der Waals surface area contributed by atoms with Gasteiger partial charge in [0.25, 0.3) is 0 Å². The summed E-state index contributed by atoms with van der Waals surface area (Å²) in [6.07, 6.45) is 0. The standard InChI is InChI=1S/C17H21N3O2S.HI/c1-12(16-4-3-7-23-16)9-19-17(18-2)20-10-13-5-6-14-15(8-13)22-11-21-14;/h3-8,12H,9-11H2,1-2H3,(H2,18,19,20);1H. The van der Waals surface area contributed by atoms with Gasteiger partial charge >= 0.3 is 0 Å². The van der Waals surface area contributed by atoms with Gasteiger partial charge in [-0.3, -0.25) is 4.99 Å². The number of nitrogens with one attached hydrogen (secondary N) is 2. The summed E-state index contributed by atoms with van der Waals surface area (Å²) in [4.78, 5) is 5.65. The molecule has 2 N–H and O–H groups in total. The van der Waals surface area contributed by atoms with E-state index in [1.54, 1.807) is 18.4 Å². The summed E-state index contributed by atoms with van der Waals surface area (Å²) in [5.74, 6) is 2.87. The van der Waals surface area contributed by atoms with E-state index in [0.717, 1.165) is 29.6 Å². The lowest BCUT2D eigenvalue weighted by molar-refractivity contribution is 0.174. The van der Waals surface area contributed by atoms with E-state index in [-0.39, 0.29) is 24.0 Å². The molecule has 3 rings (SSSR count). The van der Waals surface area contributed by atoms with Gasteiger partial charge in [-0.2, -0.15) is 0 Å². The van der Waals surface area contributed by atoms with E-state index in [0.29, 0.717) is 19.3 Å². The van der Waals surface area contributed by atoms with Crippen molar-refractivity contribution < 1.29 is 9.47 Å². The predicted octanol–water partition coefficient (Wildman–Crippen LogP) is 3.56. The Bertz CT molecular complexity index is 676. The van der Waals surface area contributed by atoms with Gasteiger partial charge in [0.2, 0.25) is 6.79 Å². The number of aliphatic imine (C=N–C) groups is 1. The van der Waals surface area contributed by atoms with Crippen molar-refractivity contribution in [2.24, 2.45) is 4.99 Å². The molecule has 1 aliphatic rings. The second kappa shape index (κ2) is 9.12. The Hall–Kier alpha value is -1.48. The minimum absolute atomic E-state index is 0. The van der Waals surface area contributed by atoms with E-state index in [1.807, 2.05) is 18.2 Å². The summed E-state index contributed by atoms with van der Waals surface area (Å²) in [5, 5.41) is 8.80. The van der Waals surface area contributed by atoms with Crippen molar-refractivity contribution in [1.82, 2.24) is 10.6 Å². The minimum atomic E-state index is 0. The fraction of sp³-hybridized carbons (Fsp3) is 0.353.